The fourth-order valence-electron chi connectivity index (χ4n) is 0. The third kappa shape index (κ3) is 538. The molecule has 0 amide bonds. The zero-order chi connectivity index (χ0) is 14.3. The summed E-state index contributed by atoms with van der Waals surface area (Å²) in [5, 5.41) is 55.8. The van der Waals surface area contributed by atoms with Gasteiger partial charge in [0.25, 0.3) is 0 Å². The van der Waals surface area contributed by atoms with Gasteiger partial charge in [-0.15, -0.1) is 0 Å². The van der Waals surface area contributed by atoms with Crippen molar-refractivity contribution in [1.82, 2.24) is 0 Å². The van der Waals surface area contributed by atoms with E-state index in [1.807, 2.05) is 0 Å². The number of carbonyl (C=O) groups is 4. The van der Waals surface area contributed by atoms with E-state index >= 15 is 0 Å². The Labute approximate surface area is 1280 Å². The van der Waals surface area contributed by atoms with Crippen LogP contribution in [-0.4, -0.2) is 65.5 Å². The van der Waals surface area contributed by atoms with E-state index in [1.165, 1.54) is 0 Å². The summed E-state index contributed by atoms with van der Waals surface area (Å²) in [7, 11) is 0. The first-order valence-electron chi connectivity index (χ1n) is 2.61. The minimum absolute atomic E-state index is 0. The third-order valence-corrected chi connectivity index (χ3v) is 0. The van der Waals surface area contributed by atoms with Gasteiger partial charge in [0.2, 0.25) is 0 Å². The molecular weight excluding hydrogens is 1160 g/mol. The minimum atomic E-state index is -1.83. The molecule has 0 aliphatic carbocycles. The molecule has 0 fully saturated rings. The first-order valence-corrected chi connectivity index (χ1v) is 2.61. The van der Waals surface area contributed by atoms with Gasteiger partial charge in [-0.05, 0) is 0 Å². The van der Waals surface area contributed by atoms with Crippen molar-refractivity contribution in [2.24, 2.45) is 0 Å². The molecule has 0 aliphatic rings. The van der Waals surface area contributed by atoms with Crippen molar-refractivity contribution in [1.29, 1.82) is 0 Å². The molecule has 0 spiro atoms. The molecule has 0 rings (SSSR count). The Balaban J connectivity index is -0.000000000191. The van der Waals surface area contributed by atoms with Gasteiger partial charge >= 0.3 is 1210 Å². The van der Waals surface area contributed by atoms with E-state index < -0.39 is 24.6 Å². The molecule has 0 radical (unpaired) electrons. The molecule has 0 aromatic heterocycles. The van der Waals surface area contributed by atoms with Crippen LogP contribution in [0.15, 0.2) is 0 Å². The smallest absolute Gasteiger partial charge is 1.00 e. The summed E-state index contributed by atoms with van der Waals surface area (Å²) < 4.78 is 0. The van der Waals surface area contributed by atoms with Crippen molar-refractivity contribution in [2.75, 3.05) is 0 Å². The van der Waals surface area contributed by atoms with Crippen molar-refractivity contribution < 1.29 is 1300 Å². The number of rotatable bonds is 0. The van der Waals surface area contributed by atoms with E-state index in [1.54, 1.807) is 0 Å². The second kappa shape index (κ2) is 317. The SMILES string of the molecule is O=C(O)O.O=C(O)O.O=C(O)O.O=C(O)O.[H-].[H-].[H-].[H-].[H-].[H-].[H-].[H-].[H-].[H-].[H-].[H-].[H-].[H-].[H-].[H-].[H-].[H-].[H-].[H-].[H-].[H-].[H-].[H-].[H-].[H-].[H-].[H-].[H-].[H-].[H-].[H-].[H-].[H-].[H-].[H-].[H-].[H-].[H-].[H-].[Na+].[Na+].[Na+].[Na+].[Na+].[Na+].[Na+].[Na+].[Na+].[Na+].[Na+].[Na+].[Na+].[Na+].[Na+].[Na+].[Na+].[Na+].[Na+].[Na+].[Na+].[Na+].[Na+].[Na+].[Na+].[Na+].[Na+].[Na+].[Na+].[Na+].[Na+].[Na+].[Na+].[Na+].[Na+].[Na+].[Na+].[Na+].[Na+].[Na+]. The Morgan fingerprint density at radius 2 is 0.143 bits per heavy atom. The van der Waals surface area contributed by atoms with Crippen LogP contribution in [0.3, 0.4) is 0 Å². The van der Waals surface area contributed by atoms with Gasteiger partial charge in [-0.2, -0.15) is 0 Å². The molecule has 0 aromatic rings. The van der Waals surface area contributed by atoms with Crippen LogP contribution in [0, 0.1) is 0 Å². The Morgan fingerprint density at radius 3 is 0.143 bits per heavy atom. The van der Waals surface area contributed by atoms with E-state index in [9.17, 15) is 0 Å². The van der Waals surface area contributed by atoms with Crippen molar-refractivity contribution in [3.05, 3.63) is 0 Å². The fraction of sp³-hybridized carbons (Fsp3) is 0. The number of hydrogen-bond donors (Lipinski definition) is 8. The molecule has 0 heterocycles. The van der Waals surface area contributed by atoms with Crippen molar-refractivity contribution in [2.45, 2.75) is 0 Å². The Hall–Kier alpha value is 37.1. The maximum absolute atomic E-state index is 8.56. The maximum Gasteiger partial charge on any atom is 1.00 e. The molecule has 0 saturated heterocycles. The first-order chi connectivity index (χ1) is 6.93. The van der Waals surface area contributed by atoms with Crippen LogP contribution in [0.5, 0.6) is 0 Å². The second-order valence-electron chi connectivity index (χ2n) is 1.13. The van der Waals surface area contributed by atoms with Crippen LogP contribution < -0.4 is 1180 Å². The van der Waals surface area contributed by atoms with E-state index in [4.69, 9.17) is 60.0 Å². The Kier molecular flexibility index (Phi) is 1860. The van der Waals surface area contributed by atoms with Gasteiger partial charge in [-0.25, -0.2) is 19.2 Å². The summed E-state index contributed by atoms with van der Waals surface area (Å²) in [5.74, 6) is 0. The molecule has 12 nitrogen and oxygen atoms in total. The van der Waals surface area contributed by atoms with Gasteiger partial charge in [0.05, 0.1) is 0 Å². The van der Waals surface area contributed by atoms with Crippen LogP contribution in [0.4, 0.5) is 19.2 Å². The topological polar surface area (TPSA) is 230 Å². The van der Waals surface area contributed by atoms with Crippen LogP contribution >= 0.6 is 0 Å². The van der Waals surface area contributed by atoms with Gasteiger partial charge in [0, 0.05) is 0 Å². The Bertz CT molecular complexity index is 295. The normalized spacial score (nSPS) is 1.71. The molecule has 52 heteroatoms. The van der Waals surface area contributed by atoms with Gasteiger partial charge in [0.15, 0.2) is 0 Å². The summed E-state index contributed by atoms with van der Waals surface area (Å²) in [6.07, 6.45) is -7.33. The molecule has 0 unspecified atom stereocenters. The summed E-state index contributed by atoms with van der Waals surface area (Å²) in [4.78, 5) is 34.2. The van der Waals surface area contributed by atoms with Crippen LogP contribution in [0.1, 0.15) is 57.1 Å². The molecule has 56 heavy (non-hydrogen) atoms. The van der Waals surface area contributed by atoms with Crippen LogP contribution in [0.2, 0.25) is 0 Å². The third-order valence-electron chi connectivity index (χ3n) is 0. The average molecular weight is 1210 g/mol. The van der Waals surface area contributed by atoms with E-state index in [-0.39, 0.29) is 1240 Å². The van der Waals surface area contributed by atoms with Crippen molar-refractivity contribution in [3.8, 4) is 0 Å². The van der Waals surface area contributed by atoms with E-state index in [0.29, 0.717) is 0 Å². The molecule has 0 aliphatic heterocycles. The zero-order valence-corrected chi connectivity index (χ0v) is 127. The van der Waals surface area contributed by atoms with Gasteiger partial charge in [0.1, 0.15) is 0 Å². The predicted octanol–water partition coefficient (Wildman–Crippen LogP) is -114. The quantitative estimate of drug-likeness (QED) is 0.106. The van der Waals surface area contributed by atoms with Crippen LogP contribution in [0.25, 0.3) is 0 Å². The largest absolute Gasteiger partial charge is 1.00 e. The summed E-state index contributed by atoms with van der Waals surface area (Å²) in [6, 6.07) is 0. The molecule has 0 saturated carbocycles. The van der Waals surface area contributed by atoms with Crippen molar-refractivity contribution in [3.63, 3.8) is 0 Å². The van der Waals surface area contributed by atoms with Gasteiger partial charge in [-0.1, -0.05) is 0 Å². The monoisotopic (exact) mass is 1210 g/mol. The van der Waals surface area contributed by atoms with E-state index in [2.05, 4.69) is 0 Å². The van der Waals surface area contributed by atoms with Gasteiger partial charge in [-0.3, -0.25) is 0 Å². The molecule has 0 bridgehead atoms. The summed E-state index contributed by atoms with van der Waals surface area (Å²) >= 11 is 0. The molecule has 0 atom stereocenters. The standard InChI is InChI=1S/4CH2O3.40Na.40H/c4*2-1(3)4;;;;;;;;;;;;;;;;;;;;;;;;;;;;;;;;;;;;;;;;;;;;;;;;;;;;;;;;;;;;;;;;;;;;;;;;;;;;;;;;/h4*(H2,2,3,4);;;;;;;;;;;;;;;;;;;;;;;;;;;;;;;;;;;;;;;;;;;;;;;;;;;;;;;;;;;;;;;;;;;;;;;;;;;;;;;;/q;;;;40*+1;40*-1. The summed E-state index contributed by atoms with van der Waals surface area (Å²) in [6.45, 7) is 0. The number of hydrogen-bond acceptors (Lipinski definition) is 4. The molecular formula is C4H48Na40O12. The molecule has 0 aromatic carbocycles. The molecule has 8 N–H and O–H groups in total. The second-order valence-corrected chi connectivity index (χ2v) is 1.13. The Morgan fingerprint density at radius 1 is 0.143 bits per heavy atom. The van der Waals surface area contributed by atoms with E-state index in [0.717, 1.165) is 0 Å². The number of carboxylic acid groups (broad SMARTS) is 8. The minimum Gasteiger partial charge on any atom is -1.00 e. The van der Waals surface area contributed by atoms with Crippen molar-refractivity contribution >= 4 is 24.6 Å². The first kappa shape index (κ1) is 328. The average Bonchev–Trinajstić information content (AvgIpc) is 1.76. The zero-order valence-electron chi connectivity index (χ0n) is 87.2. The fourth-order valence-corrected chi connectivity index (χ4v) is 0. The molecule has 176 valence electrons. The predicted molar refractivity (Wildman–Crippen MR) is 87.1 cm³/mol. The maximum atomic E-state index is 8.56. The summed E-state index contributed by atoms with van der Waals surface area (Å²) in [5.41, 5.74) is 0. The van der Waals surface area contributed by atoms with Crippen LogP contribution in [-0.2, 0) is 0 Å². The van der Waals surface area contributed by atoms with Gasteiger partial charge < -0.3 is 97.9 Å².